The van der Waals surface area contributed by atoms with Gasteiger partial charge in [0.05, 0.1) is 5.56 Å². The van der Waals surface area contributed by atoms with Crippen LogP contribution in [0.2, 0.25) is 0 Å². The number of carbonyl (C=O) groups excluding carboxylic acids is 1. The van der Waals surface area contributed by atoms with Crippen molar-refractivity contribution >= 4 is 32.7 Å². The summed E-state index contributed by atoms with van der Waals surface area (Å²) in [6.45, 7) is 0. The Morgan fingerprint density at radius 2 is 1.62 bits per heavy atom. The topological polar surface area (TPSA) is 26.3 Å². The molecule has 0 heterocycles. The van der Waals surface area contributed by atoms with Gasteiger partial charge >= 0.3 is 5.97 Å². The molecule has 0 bridgehead atoms. The van der Waals surface area contributed by atoms with E-state index in [2.05, 4.69) is 58.4 Å². The van der Waals surface area contributed by atoms with E-state index >= 15 is 0 Å². The van der Waals surface area contributed by atoms with Crippen LogP contribution in [0.5, 0.6) is 0 Å². The third kappa shape index (κ3) is 3.54. The monoisotopic (exact) mass is 408 g/mol. The number of esters is 1. The van der Waals surface area contributed by atoms with Gasteiger partial charge in [0.1, 0.15) is 6.10 Å². The van der Waals surface area contributed by atoms with E-state index in [1.165, 1.54) is 22.8 Å². The average molecular weight is 409 g/mol. The molecule has 2 atom stereocenters. The average Bonchev–Trinajstić information content (AvgIpc) is 2.68. The van der Waals surface area contributed by atoms with Crippen molar-refractivity contribution < 1.29 is 9.53 Å². The summed E-state index contributed by atoms with van der Waals surface area (Å²) in [5, 5.41) is 2.51. The van der Waals surface area contributed by atoms with Gasteiger partial charge in [-0.1, -0.05) is 64.8 Å². The molecule has 3 aromatic rings. The molecule has 0 amide bonds. The number of carbonyl (C=O) groups is 1. The molecular formula is C23H21BrO2. The third-order valence-electron chi connectivity index (χ3n) is 5.26. The molecule has 0 unspecified atom stereocenters. The van der Waals surface area contributed by atoms with Gasteiger partial charge in [0, 0.05) is 10.4 Å². The molecule has 1 aliphatic carbocycles. The largest absolute Gasteiger partial charge is 0.458 e. The summed E-state index contributed by atoms with van der Waals surface area (Å²) >= 11 is 3.40. The highest BCUT2D eigenvalue weighted by Gasteiger charge is 2.30. The Balaban J connectivity index is 1.62. The number of hydrogen-bond donors (Lipinski definition) is 0. The second-order valence-corrected chi connectivity index (χ2v) is 7.83. The summed E-state index contributed by atoms with van der Waals surface area (Å²) in [6, 6.07) is 22.3. The smallest absolute Gasteiger partial charge is 0.338 e. The van der Waals surface area contributed by atoms with Crippen LogP contribution in [0.25, 0.3) is 10.8 Å². The van der Waals surface area contributed by atoms with E-state index in [1.54, 1.807) is 0 Å². The lowest BCUT2D eigenvalue weighted by atomic mass is 9.80. The van der Waals surface area contributed by atoms with Gasteiger partial charge in [-0.2, -0.15) is 0 Å². The van der Waals surface area contributed by atoms with Crippen molar-refractivity contribution in [3.63, 3.8) is 0 Å². The number of fused-ring (bicyclic) bond motifs is 1. The van der Waals surface area contributed by atoms with Crippen molar-refractivity contribution in [2.24, 2.45) is 0 Å². The molecule has 4 rings (SSSR count). The molecule has 3 heteroatoms. The quantitative estimate of drug-likeness (QED) is 0.463. The fourth-order valence-corrected chi connectivity index (χ4v) is 4.22. The number of halogens is 1. The molecule has 0 radical (unpaired) electrons. The van der Waals surface area contributed by atoms with Crippen molar-refractivity contribution in [3.05, 3.63) is 82.3 Å². The van der Waals surface area contributed by atoms with Crippen LogP contribution in [0.4, 0.5) is 0 Å². The molecule has 2 nitrogen and oxygen atoms in total. The predicted molar refractivity (Wildman–Crippen MR) is 109 cm³/mol. The van der Waals surface area contributed by atoms with Crippen molar-refractivity contribution in [1.82, 2.24) is 0 Å². The Kier molecular flexibility index (Phi) is 5.07. The second-order valence-electron chi connectivity index (χ2n) is 6.91. The first-order valence-corrected chi connectivity index (χ1v) is 9.96. The van der Waals surface area contributed by atoms with Crippen LogP contribution in [0, 0.1) is 0 Å². The molecule has 0 aliphatic heterocycles. The Morgan fingerprint density at radius 3 is 2.46 bits per heavy atom. The number of benzene rings is 3. The first-order valence-electron chi connectivity index (χ1n) is 9.16. The zero-order valence-corrected chi connectivity index (χ0v) is 16.1. The summed E-state index contributed by atoms with van der Waals surface area (Å²) in [7, 11) is 0. The fourth-order valence-electron chi connectivity index (χ4n) is 3.96. The summed E-state index contributed by atoms with van der Waals surface area (Å²) in [4.78, 5) is 12.6. The van der Waals surface area contributed by atoms with Crippen LogP contribution in [-0.2, 0) is 4.74 Å². The van der Waals surface area contributed by atoms with Crippen molar-refractivity contribution in [1.29, 1.82) is 0 Å². The van der Waals surface area contributed by atoms with E-state index in [0.717, 1.165) is 23.7 Å². The van der Waals surface area contributed by atoms with Gasteiger partial charge in [-0.15, -0.1) is 0 Å². The van der Waals surface area contributed by atoms with Crippen LogP contribution in [0.15, 0.2) is 71.2 Å². The van der Waals surface area contributed by atoms with E-state index in [1.807, 2.05) is 24.3 Å². The SMILES string of the molecule is O=C(O[C@H]1CCCC[C@H]1c1cccc2ccccc12)c1ccc(Br)cc1. The summed E-state index contributed by atoms with van der Waals surface area (Å²) in [5.74, 6) is 0.0314. The highest BCUT2D eigenvalue weighted by molar-refractivity contribution is 9.10. The summed E-state index contributed by atoms with van der Waals surface area (Å²) < 4.78 is 6.94. The van der Waals surface area contributed by atoms with Gasteiger partial charge in [0.25, 0.3) is 0 Å². The van der Waals surface area contributed by atoms with Gasteiger partial charge in [0.15, 0.2) is 0 Å². The van der Waals surface area contributed by atoms with Crippen molar-refractivity contribution in [2.75, 3.05) is 0 Å². The highest BCUT2D eigenvalue weighted by Crippen LogP contribution is 2.38. The lowest BCUT2D eigenvalue weighted by Crippen LogP contribution is -2.28. The van der Waals surface area contributed by atoms with Crippen molar-refractivity contribution in [3.8, 4) is 0 Å². The molecule has 26 heavy (non-hydrogen) atoms. The zero-order chi connectivity index (χ0) is 17.9. The molecule has 3 aromatic carbocycles. The van der Waals surface area contributed by atoms with E-state index < -0.39 is 0 Å². The van der Waals surface area contributed by atoms with Crippen LogP contribution >= 0.6 is 15.9 Å². The maximum Gasteiger partial charge on any atom is 0.338 e. The molecule has 1 saturated carbocycles. The maximum atomic E-state index is 12.6. The minimum atomic E-state index is -0.227. The normalized spacial score (nSPS) is 20.0. The van der Waals surface area contributed by atoms with E-state index in [0.29, 0.717) is 5.56 Å². The molecule has 1 fully saturated rings. The van der Waals surface area contributed by atoms with Crippen LogP contribution in [0.3, 0.4) is 0 Å². The number of hydrogen-bond acceptors (Lipinski definition) is 2. The van der Waals surface area contributed by atoms with Crippen LogP contribution in [-0.4, -0.2) is 12.1 Å². The maximum absolute atomic E-state index is 12.6. The first-order chi connectivity index (χ1) is 12.7. The number of rotatable bonds is 3. The highest BCUT2D eigenvalue weighted by atomic mass is 79.9. The molecular weight excluding hydrogens is 388 g/mol. The lowest BCUT2D eigenvalue weighted by Gasteiger charge is -2.32. The Hall–Kier alpha value is -2.13. The van der Waals surface area contributed by atoms with E-state index in [-0.39, 0.29) is 18.0 Å². The van der Waals surface area contributed by atoms with E-state index in [4.69, 9.17) is 4.74 Å². The summed E-state index contributed by atoms with van der Waals surface area (Å²) in [6.07, 6.45) is 4.22. The number of ether oxygens (including phenoxy) is 1. The molecule has 1 aliphatic rings. The minimum absolute atomic E-state index is 0.0642. The molecule has 132 valence electrons. The van der Waals surface area contributed by atoms with Gasteiger partial charge < -0.3 is 4.74 Å². The minimum Gasteiger partial charge on any atom is -0.458 e. The van der Waals surface area contributed by atoms with E-state index in [9.17, 15) is 4.79 Å². The van der Waals surface area contributed by atoms with Crippen LogP contribution < -0.4 is 0 Å². The summed E-state index contributed by atoms with van der Waals surface area (Å²) in [5.41, 5.74) is 1.91. The molecule has 0 saturated heterocycles. The predicted octanol–water partition coefficient (Wildman–Crippen LogP) is 6.49. The third-order valence-corrected chi connectivity index (χ3v) is 5.79. The Morgan fingerprint density at radius 1 is 0.885 bits per heavy atom. The fraction of sp³-hybridized carbons (Fsp3) is 0.261. The molecule has 0 spiro atoms. The van der Waals surface area contributed by atoms with Gasteiger partial charge in [-0.3, -0.25) is 0 Å². The Labute approximate surface area is 162 Å². The first kappa shape index (κ1) is 17.3. The van der Waals surface area contributed by atoms with Gasteiger partial charge in [0.2, 0.25) is 0 Å². The second kappa shape index (κ2) is 7.63. The molecule has 0 aromatic heterocycles. The Bertz CT molecular complexity index is 912. The van der Waals surface area contributed by atoms with Crippen molar-refractivity contribution in [2.45, 2.75) is 37.7 Å². The zero-order valence-electron chi connectivity index (χ0n) is 14.5. The van der Waals surface area contributed by atoms with Gasteiger partial charge in [-0.25, -0.2) is 4.79 Å². The lowest BCUT2D eigenvalue weighted by molar-refractivity contribution is 0.0144. The molecule has 0 N–H and O–H groups in total. The standard InChI is InChI=1S/C23H21BrO2/c24-18-14-12-17(13-15-18)23(25)26-22-11-4-3-9-21(22)20-10-5-7-16-6-1-2-8-19(16)20/h1-2,5-8,10,12-15,21-22H,3-4,9,11H2/t21-,22-/m0/s1. The van der Waals surface area contributed by atoms with Gasteiger partial charge in [-0.05, 0) is 59.9 Å². The van der Waals surface area contributed by atoms with Crippen LogP contribution in [0.1, 0.15) is 47.5 Å².